The van der Waals surface area contributed by atoms with E-state index in [9.17, 15) is 14.9 Å². The number of benzene rings is 1. The van der Waals surface area contributed by atoms with Crippen LogP contribution in [0.3, 0.4) is 0 Å². The predicted molar refractivity (Wildman–Crippen MR) is 74.7 cm³/mol. The van der Waals surface area contributed by atoms with E-state index in [4.69, 9.17) is 32.4 Å². The predicted octanol–water partition coefficient (Wildman–Crippen LogP) is 3.59. The number of esters is 1. The summed E-state index contributed by atoms with van der Waals surface area (Å²) in [5.74, 6) is -0.828. The fourth-order valence-electron chi connectivity index (χ4n) is 1.59. The van der Waals surface area contributed by atoms with Crippen LogP contribution in [0.1, 0.15) is 22.2 Å². The monoisotopic (exact) mass is 329 g/mol. The molecule has 0 amide bonds. The van der Waals surface area contributed by atoms with E-state index in [1.807, 2.05) is 0 Å². The summed E-state index contributed by atoms with van der Waals surface area (Å²) >= 11 is 11.4. The average molecular weight is 330 g/mol. The van der Waals surface area contributed by atoms with Crippen LogP contribution in [0.25, 0.3) is 0 Å². The summed E-state index contributed by atoms with van der Waals surface area (Å²) in [7, 11) is 0. The Balaban J connectivity index is 2.30. The lowest BCUT2D eigenvalue weighted by atomic mass is 10.2. The first kappa shape index (κ1) is 15.3. The van der Waals surface area contributed by atoms with Gasteiger partial charge in [0.15, 0.2) is 5.76 Å². The van der Waals surface area contributed by atoms with Crippen LogP contribution in [0.4, 0.5) is 0 Å². The van der Waals surface area contributed by atoms with Crippen molar-refractivity contribution < 1.29 is 18.9 Å². The van der Waals surface area contributed by atoms with Gasteiger partial charge in [0.25, 0.3) is 6.10 Å². The highest BCUT2D eigenvalue weighted by molar-refractivity contribution is 6.47. The first-order valence-electron chi connectivity index (χ1n) is 5.74. The Morgan fingerprint density at radius 1 is 1.24 bits per heavy atom. The zero-order chi connectivity index (χ0) is 15.5. The Morgan fingerprint density at radius 2 is 1.90 bits per heavy atom. The summed E-state index contributed by atoms with van der Waals surface area (Å²) in [6.07, 6.45) is -0.318. The Hall–Kier alpha value is -2.05. The van der Waals surface area contributed by atoms with Crippen molar-refractivity contribution in [3.8, 4) is 0 Å². The molecule has 0 aliphatic carbocycles. The maximum Gasteiger partial charge on any atom is 0.414 e. The summed E-state index contributed by atoms with van der Waals surface area (Å²) < 4.78 is 7.52. The highest BCUT2D eigenvalue weighted by Crippen LogP contribution is 2.40. The lowest BCUT2D eigenvalue weighted by Crippen LogP contribution is -2.35. The minimum absolute atomic E-state index is 0.0269. The summed E-state index contributed by atoms with van der Waals surface area (Å²) in [6.45, 7) is 0. The van der Waals surface area contributed by atoms with Crippen molar-refractivity contribution in [3.05, 3.63) is 70.2 Å². The molecule has 0 spiro atoms. The highest BCUT2D eigenvalue weighted by Gasteiger charge is 2.52. The van der Waals surface area contributed by atoms with Gasteiger partial charge in [-0.25, -0.2) is 4.79 Å². The molecule has 0 aliphatic rings. The molecule has 8 heteroatoms. The van der Waals surface area contributed by atoms with Crippen molar-refractivity contribution >= 4 is 29.2 Å². The van der Waals surface area contributed by atoms with E-state index >= 15 is 0 Å². The fraction of sp³-hybridized carbons (Fsp3) is 0.154. The minimum atomic E-state index is -2.57. The molecule has 6 nitrogen and oxygen atoms in total. The number of ether oxygens (including phenoxy) is 1. The van der Waals surface area contributed by atoms with Gasteiger partial charge < -0.3 is 9.15 Å². The lowest BCUT2D eigenvalue weighted by molar-refractivity contribution is -0.529. The molecule has 0 saturated heterocycles. The molecule has 2 rings (SSSR count). The van der Waals surface area contributed by atoms with Gasteiger partial charge in [0, 0.05) is 0 Å². The summed E-state index contributed by atoms with van der Waals surface area (Å²) in [5.41, 5.74) is 0.210. The molecule has 0 N–H and O–H groups in total. The average Bonchev–Trinajstić information content (AvgIpc) is 2.98. The van der Waals surface area contributed by atoms with E-state index in [0.717, 1.165) is 0 Å². The molecule has 110 valence electrons. The lowest BCUT2D eigenvalue weighted by Gasteiger charge is -2.20. The molecule has 0 radical (unpaired) electrons. The third kappa shape index (κ3) is 3.34. The zero-order valence-electron chi connectivity index (χ0n) is 10.4. The molecular weight excluding hydrogens is 321 g/mol. The molecule has 21 heavy (non-hydrogen) atoms. The fourth-order valence-corrected chi connectivity index (χ4v) is 1.89. The summed E-state index contributed by atoms with van der Waals surface area (Å²) in [6, 6.07) is 10.8. The van der Waals surface area contributed by atoms with Gasteiger partial charge in [-0.05, 0) is 47.5 Å². The third-order valence-electron chi connectivity index (χ3n) is 2.59. The minimum Gasteiger partial charge on any atom is -0.465 e. The smallest absolute Gasteiger partial charge is 0.414 e. The molecule has 1 aromatic carbocycles. The number of nitro groups is 1. The molecular formula is C13H9Cl2NO5. The number of hydrogen-bond acceptors (Lipinski definition) is 5. The molecule has 0 bridgehead atoms. The van der Waals surface area contributed by atoms with Crippen LogP contribution in [0.15, 0.2) is 53.1 Å². The standard InChI is InChI=1S/C13H9Cl2NO5/c14-13(15,16(18)19)11(10-7-4-8-20-10)21-12(17)9-5-2-1-3-6-9/h1-8,11H. The number of rotatable bonds is 5. The van der Waals surface area contributed by atoms with Crippen LogP contribution in [-0.2, 0) is 4.74 Å². The SMILES string of the molecule is O=C(OC(c1ccco1)C(Cl)(Cl)[N+](=O)[O-])c1ccccc1. The number of carbonyl (C=O) groups is 1. The van der Waals surface area contributed by atoms with Crippen molar-refractivity contribution in [3.63, 3.8) is 0 Å². The summed E-state index contributed by atoms with van der Waals surface area (Å²) in [4.78, 5) is 22.0. The second-order valence-corrected chi connectivity index (χ2v) is 5.36. The first-order valence-corrected chi connectivity index (χ1v) is 6.50. The molecule has 0 aliphatic heterocycles. The normalized spacial score (nSPS) is 12.7. The molecule has 0 fully saturated rings. The van der Waals surface area contributed by atoms with E-state index in [0.29, 0.717) is 0 Å². The number of carbonyl (C=O) groups excluding carboxylic acids is 1. The zero-order valence-corrected chi connectivity index (χ0v) is 12.0. The second-order valence-electron chi connectivity index (χ2n) is 4.01. The van der Waals surface area contributed by atoms with Crippen molar-refractivity contribution in [2.45, 2.75) is 10.6 Å². The summed E-state index contributed by atoms with van der Waals surface area (Å²) in [5, 5.41) is 11.0. The number of alkyl halides is 2. The van der Waals surface area contributed by atoms with Gasteiger partial charge in [-0.1, -0.05) is 18.2 Å². The van der Waals surface area contributed by atoms with Gasteiger partial charge in [-0.3, -0.25) is 10.1 Å². The van der Waals surface area contributed by atoms with E-state index in [1.54, 1.807) is 18.2 Å². The van der Waals surface area contributed by atoms with Gasteiger partial charge in [-0.15, -0.1) is 0 Å². The molecule has 1 atom stereocenters. The Morgan fingerprint density at radius 3 is 2.43 bits per heavy atom. The van der Waals surface area contributed by atoms with Crippen LogP contribution >= 0.6 is 23.2 Å². The van der Waals surface area contributed by atoms with E-state index in [-0.39, 0.29) is 11.3 Å². The van der Waals surface area contributed by atoms with Gasteiger partial charge in [-0.2, -0.15) is 0 Å². The molecule has 2 aromatic rings. The first-order chi connectivity index (χ1) is 9.93. The van der Waals surface area contributed by atoms with Crippen molar-refractivity contribution in [2.24, 2.45) is 0 Å². The maximum atomic E-state index is 12.0. The van der Waals surface area contributed by atoms with Crippen LogP contribution < -0.4 is 0 Å². The second kappa shape index (κ2) is 6.15. The van der Waals surface area contributed by atoms with Gasteiger partial charge in [0.1, 0.15) is 0 Å². The largest absolute Gasteiger partial charge is 0.465 e. The van der Waals surface area contributed by atoms with Gasteiger partial charge in [0.2, 0.25) is 0 Å². The van der Waals surface area contributed by atoms with E-state index in [1.165, 1.54) is 30.5 Å². The van der Waals surface area contributed by atoms with E-state index in [2.05, 4.69) is 0 Å². The number of halogens is 2. The highest BCUT2D eigenvalue weighted by atomic mass is 35.5. The molecule has 1 unspecified atom stereocenters. The third-order valence-corrected chi connectivity index (χ3v) is 3.27. The van der Waals surface area contributed by atoms with Crippen LogP contribution in [0.5, 0.6) is 0 Å². The molecule has 1 heterocycles. The maximum absolute atomic E-state index is 12.0. The molecule has 0 saturated carbocycles. The Kier molecular flexibility index (Phi) is 4.50. The molecule has 1 aromatic heterocycles. The quantitative estimate of drug-likeness (QED) is 0.275. The number of nitrogens with zero attached hydrogens (tertiary/aromatic N) is 1. The van der Waals surface area contributed by atoms with Crippen LogP contribution in [-0.4, -0.2) is 15.3 Å². The van der Waals surface area contributed by atoms with Crippen LogP contribution in [0, 0.1) is 10.1 Å². The van der Waals surface area contributed by atoms with Crippen LogP contribution in [0.2, 0.25) is 0 Å². The Labute approximate surface area is 129 Å². The van der Waals surface area contributed by atoms with Crippen molar-refractivity contribution in [1.82, 2.24) is 0 Å². The van der Waals surface area contributed by atoms with Gasteiger partial charge in [0.05, 0.1) is 16.7 Å². The topological polar surface area (TPSA) is 82.6 Å². The number of hydrogen-bond donors (Lipinski definition) is 0. The van der Waals surface area contributed by atoms with Crippen molar-refractivity contribution in [1.29, 1.82) is 0 Å². The Bertz CT molecular complexity index is 627. The van der Waals surface area contributed by atoms with Crippen molar-refractivity contribution in [2.75, 3.05) is 0 Å². The number of furan rings is 1. The van der Waals surface area contributed by atoms with Gasteiger partial charge >= 0.3 is 10.4 Å². The van der Waals surface area contributed by atoms with E-state index < -0.39 is 21.5 Å².